The molecule has 2 amide bonds. The number of hydrogen-bond acceptors (Lipinski definition) is 4. The molecule has 3 rings (SSSR count). The summed E-state index contributed by atoms with van der Waals surface area (Å²) >= 11 is 3.31. The maximum absolute atomic E-state index is 12.3. The average molecular weight is 409 g/mol. The highest BCUT2D eigenvalue weighted by Crippen LogP contribution is 2.26. The molecule has 2 aromatic rings. The van der Waals surface area contributed by atoms with E-state index in [1.165, 1.54) is 12.1 Å². The first kappa shape index (κ1) is 16.7. The fourth-order valence-corrected chi connectivity index (χ4v) is 4.09. The van der Waals surface area contributed by atoms with Crippen LogP contribution in [0.15, 0.2) is 53.0 Å². The molecule has 124 valence electrons. The van der Waals surface area contributed by atoms with Gasteiger partial charge in [0.05, 0.1) is 11.4 Å². The quantitative estimate of drug-likeness (QED) is 0.845. The molecule has 0 unspecified atom stereocenters. The van der Waals surface area contributed by atoms with Crippen molar-refractivity contribution in [3.63, 3.8) is 0 Å². The van der Waals surface area contributed by atoms with Crippen LogP contribution in [0.25, 0.3) is 0 Å². The molecule has 24 heavy (non-hydrogen) atoms. The summed E-state index contributed by atoms with van der Waals surface area (Å²) in [4.78, 5) is 24.2. The van der Waals surface area contributed by atoms with Crippen molar-refractivity contribution in [3.8, 4) is 0 Å². The van der Waals surface area contributed by atoms with Crippen LogP contribution < -0.4 is 9.62 Å². The smallest absolute Gasteiger partial charge is 0.255 e. The van der Waals surface area contributed by atoms with Crippen LogP contribution in [0.1, 0.15) is 16.8 Å². The minimum Gasteiger partial charge on any atom is -0.322 e. The zero-order valence-corrected chi connectivity index (χ0v) is 14.8. The standard InChI is InChI=1S/C16H13BrN2O4S/c17-12-4-6-13(7-5-12)18-16(21)11-2-1-3-14(10-11)19-15(20)8-9-24(19,22)23/h1-7,10H,8-9H2,(H,18,21). The Kier molecular flexibility index (Phi) is 4.42. The molecular formula is C16H13BrN2O4S. The van der Waals surface area contributed by atoms with Gasteiger partial charge in [-0.1, -0.05) is 22.0 Å². The molecule has 0 spiro atoms. The lowest BCUT2D eigenvalue weighted by molar-refractivity contribution is -0.116. The van der Waals surface area contributed by atoms with Gasteiger partial charge in [-0.3, -0.25) is 9.59 Å². The average Bonchev–Trinajstić information content (AvgIpc) is 2.83. The highest BCUT2D eigenvalue weighted by Gasteiger charge is 2.36. The van der Waals surface area contributed by atoms with Gasteiger partial charge in [0.15, 0.2) is 0 Å². The maximum atomic E-state index is 12.3. The predicted octanol–water partition coefficient (Wildman–Crippen LogP) is 2.77. The first-order valence-electron chi connectivity index (χ1n) is 7.10. The van der Waals surface area contributed by atoms with Crippen molar-refractivity contribution in [2.75, 3.05) is 15.4 Å². The minimum atomic E-state index is -3.65. The topological polar surface area (TPSA) is 83.6 Å². The molecule has 6 nitrogen and oxygen atoms in total. The van der Waals surface area contributed by atoms with Crippen LogP contribution >= 0.6 is 15.9 Å². The van der Waals surface area contributed by atoms with Gasteiger partial charge >= 0.3 is 0 Å². The molecule has 1 saturated heterocycles. The maximum Gasteiger partial charge on any atom is 0.255 e. The van der Waals surface area contributed by atoms with Crippen molar-refractivity contribution in [2.45, 2.75) is 6.42 Å². The fraction of sp³-hybridized carbons (Fsp3) is 0.125. The van der Waals surface area contributed by atoms with Crippen LogP contribution in [0.3, 0.4) is 0 Å². The highest BCUT2D eigenvalue weighted by molar-refractivity contribution is 9.10. The van der Waals surface area contributed by atoms with Gasteiger partial charge in [-0.15, -0.1) is 0 Å². The van der Waals surface area contributed by atoms with Crippen LogP contribution in [-0.2, 0) is 14.8 Å². The number of nitrogens with one attached hydrogen (secondary N) is 1. The van der Waals surface area contributed by atoms with E-state index < -0.39 is 15.9 Å². The number of hydrogen-bond donors (Lipinski definition) is 1. The van der Waals surface area contributed by atoms with Gasteiger partial charge in [-0.05, 0) is 42.5 Å². The van der Waals surface area contributed by atoms with E-state index in [1.807, 2.05) is 0 Å². The zero-order chi connectivity index (χ0) is 17.3. The lowest BCUT2D eigenvalue weighted by Crippen LogP contribution is -2.29. The molecule has 1 heterocycles. The fourth-order valence-electron chi connectivity index (χ4n) is 2.38. The summed E-state index contributed by atoms with van der Waals surface area (Å²) in [7, 11) is -3.65. The van der Waals surface area contributed by atoms with Gasteiger partial charge in [0.2, 0.25) is 15.9 Å². The van der Waals surface area contributed by atoms with E-state index in [9.17, 15) is 18.0 Å². The summed E-state index contributed by atoms with van der Waals surface area (Å²) in [6.07, 6.45) is -0.0440. The normalized spacial score (nSPS) is 16.2. The second kappa shape index (κ2) is 6.37. The molecule has 8 heteroatoms. The first-order valence-corrected chi connectivity index (χ1v) is 9.50. The molecule has 0 aromatic heterocycles. The summed E-state index contributed by atoms with van der Waals surface area (Å²) in [5, 5.41) is 2.72. The van der Waals surface area contributed by atoms with Crippen LogP contribution in [0, 0.1) is 0 Å². The van der Waals surface area contributed by atoms with Gasteiger partial charge in [0, 0.05) is 22.1 Å². The Balaban J connectivity index is 1.86. The molecule has 1 aliphatic rings. The third kappa shape index (κ3) is 3.34. The van der Waals surface area contributed by atoms with Crippen molar-refractivity contribution in [1.82, 2.24) is 0 Å². The second-order valence-electron chi connectivity index (χ2n) is 5.24. The van der Waals surface area contributed by atoms with Crippen LogP contribution in [0.2, 0.25) is 0 Å². The van der Waals surface area contributed by atoms with E-state index in [-0.39, 0.29) is 29.3 Å². The molecule has 0 aliphatic carbocycles. The Bertz CT molecular complexity index is 910. The second-order valence-corrected chi connectivity index (χ2v) is 8.09. The molecule has 0 saturated carbocycles. The largest absolute Gasteiger partial charge is 0.322 e. The van der Waals surface area contributed by atoms with Crippen molar-refractivity contribution in [3.05, 3.63) is 58.6 Å². The number of anilines is 2. The number of halogens is 1. The third-order valence-electron chi connectivity index (χ3n) is 3.52. The molecule has 0 radical (unpaired) electrons. The number of amides is 2. The lowest BCUT2D eigenvalue weighted by atomic mass is 10.1. The Morgan fingerprint density at radius 2 is 1.83 bits per heavy atom. The highest BCUT2D eigenvalue weighted by atomic mass is 79.9. The van der Waals surface area contributed by atoms with E-state index in [0.29, 0.717) is 5.69 Å². The zero-order valence-electron chi connectivity index (χ0n) is 12.4. The summed E-state index contributed by atoms with van der Waals surface area (Å²) in [6, 6.07) is 13.1. The number of benzene rings is 2. The lowest BCUT2D eigenvalue weighted by Gasteiger charge is -2.15. The number of rotatable bonds is 3. The molecular weight excluding hydrogens is 396 g/mol. The van der Waals surface area contributed by atoms with Gasteiger partial charge in [-0.25, -0.2) is 12.7 Å². The Hall–Kier alpha value is -2.19. The van der Waals surface area contributed by atoms with Gasteiger partial charge < -0.3 is 5.32 Å². The van der Waals surface area contributed by atoms with Gasteiger partial charge in [0.25, 0.3) is 5.91 Å². The monoisotopic (exact) mass is 408 g/mol. The Morgan fingerprint density at radius 3 is 2.46 bits per heavy atom. The van der Waals surface area contributed by atoms with Crippen LogP contribution in [-0.4, -0.2) is 26.0 Å². The number of nitrogens with zero attached hydrogens (tertiary/aromatic N) is 1. The van der Waals surface area contributed by atoms with Crippen molar-refractivity contribution in [1.29, 1.82) is 0 Å². The molecule has 2 aromatic carbocycles. The number of sulfonamides is 1. The molecule has 0 atom stereocenters. The summed E-state index contributed by atoms with van der Waals surface area (Å²) in [5.74, 6) is -1.08. The molecule has 1 aliphatic heterocycles. The summed E-state index contributed by atoms with van der Waals surface area (Å²) in [5.41, 5.74) is 1.06. The Labute approximate surface area is 147 Å². The SMILES string of the molecule is O=C(Nc1ccc(Br)cc1)c1cccc(N2C(=O)CCS2(=O)=O)c1. The summed E-state index contributed by atoms with van der Waals surface area (Å²) in [6.45, 7) is 0. The molecule has 1 fully saturated rings. The van der Waals surface area contributed by atoms with Crippen molar-refractivity contribution in [2.24, 2.45) is 0 Å². The molecule has 0 bridgehead atoms. The Morgan fingerprint density at radius 1 is 1.12 bits per heavy atom. The minimum absolute atomic E-state index is 0.0440. The van der Waals surface area contributed by atoms with Crippen LogP contribution in [0.4, 0.5) is 11.4 Å². The van der Waals surface area contributed by atoms with E-state index >= 15 is 0 Å². The van der Waals surface area contributed by atoms with E-state index in [0.717, 1.165) is 8.78 Å². The van der Waals surface area contributed by atoms with Gasteiger partial charge in [0.1, 0.15) is 0 Å². The first-order chi connectivity index (χ1) is 11.4. The van der Waals surface area contributed by atoms with Crippen molar-refractivity contribution < 1.29 is 18.0 Å². The summed E-state index contributed by atoms with van der Waals surface area (Å²) < 4.78 is 25.6. The van der Waals surface area contributed by atoms with Crippen LogP contribution in [0.5, 0.6) is 0 Å². The van der Waals surface area contributed by atoms with Crippen molar-refractivity contribution >= 4 is 49.1 Å². The van der Waals surface area contributed by atoms with E-state index in [4.69, 9.17) is 0 Å². The molecule has 1 N–H and O–H groups in total. The van der Waals surface area contributed by atoms with E-state index in [1.54, 1.807) is 36.4 Å². The third-order valence-corrected chi connectivity index (χ3v) is 5.74. The number of carbonyl (C=O) groups excluding carboxylic acids is 2. The van der Waals surface area contributed by atoms with E-state index in [2.05, 4.69) is 21.2 Å². The van der Waals surface area contributed by atoms with Gasteiger partial charge in [-0.2, -0.15) is 0 Å². The predicted molar refractivity (Wildman–Crippen MR) is 94.4 cm³/mol. The number of carbonyl (C=O) groups is 2.